The van der Waals surface area contributed by atoms with E-state index in [-0.39, 0.29) is 5.91 Å². The fraction of sp³-hybridized carbons (Fsp3) is 0.750. The molecule has 1 heterocycles. The lowest BCUT2D eigenvalue weighted by Crippen LogP contribution is -2.46. The van der Waals surface area contributed by atoms with Gasteiger partial charge in [-0.2, -0.15) is 0 Å². The Kier molecular flexibility index (Phi) is 3.58. The number of nitrogens with zero attached hydrogens (tertiary/aromatic N) is 2. The summed E-state index contributed by atoms with van der Waals surface area (Å²) in [6.07, 6.45) is 1.49. The van der Waals surface area contributed by atoms with Gasteiger partial charge in [0, 0.05) is 6.54 Å². The van der Waals surface area contributed by atoms with Gasteiger partial charge in [-0.1, -0.05) is 0 Å². The molecule has 0 aliphatic carbocycles. The number of nitrogens with two attached hydrogens (primary N) is 1. The van der Waals surface area contributed by atoms with E-state index in [1.165, 1.54) is 4.90 Å². The zero-order valence-electron chi connectivity index (χ0n) is 8.06. The Hall–Kier alpha value is -0.960. The van der Waals surface area contributed by atoms with Gasteiger partial charge in [0.15, 0.2) is 0 Å². The van der Waals surface area contributed by atoms with Crippen molar-refractivity contribution < 1.29 is 9.59 Å². The van der Waals surface area contributed by atoms with Gasteiger partial charge in [0.25, 0.3) is 0 Å². The first kappa shape index (κ1) is 11.1. The quantitative estimate of drug-likeness (QED) is 0.681. The number of carbonyl (C=O) groups excluding carboxylic acids is 2. The fourth-order valence-corrected chi connectivity index (χ4v) is 1.73. The highest BCUT2D eigenvalue weighted by Crippen LogP contribution is 2.18. The summed E-state index contributed by atoms with van der Waals surface area (Å²) in [5, 5.41) is 0. The van der Waals surface area contributed by atoms with Crippen molar-refractivity contribution in [3.05, 3.63) is 0 Å². The van der Waals surface area contributed by atoms with Crippen LogP contribution < -0.4 is 5.73 Å². The van der Waals surface area contributed by atoms with Crippen LogP contribution in [0, 0.1) is 0 Å². The summed E-state index contributed by atoms with van der Waals surface area (Å²) >= 11 is 0. The molecule has 2 amide bonds. The largest absolute Gasteiger partial charge is 0.368 e. The van der Waals surface area contributed by atoms with E-state index in [4.69, 9.17) is 5.73 Å². The fourth-order valence-electron chi connectivity index (χ4n) is 1.62. The molecule has 2 unspecified atom stereocenters. The minimum Gasteiger partial charge on any atom is -0.368 e. The van der Waals surface area contributed by atoms with Crippen LogP contribution in [0.5, 0.6) is 0 Å². The molecule has 0 bridgehead atoms. The van der Waals surface area contributed by atoms with Crippen LogP contribution in [0.15, 0.2) is 4.74 Å². The van der Waals surface area contributed by atoms with Crippen LogP contribution >= 0.6 is 9.03 Å². The van der Waals surface area contributed by atoms with Gasteiger partial charge < -0.3 is 10.6 Å². The second kappa shape index (κ2) is 4.51. The molecular weight excluding hydrogens is 201 g/mol. The topological polar surface area (TPSA) is 75.8 Å². The maximum atomic E-state index is 11.7. The van der Waals surface area contributed by atoms with Crippen LogP contribution in [-0.2, 0) is 9.59 Å². The molecule has 1 aliphatic heterocycles. The predicted molar refractivity (Wildman–Crippen MR) is 54.1 cm³/mol. The third-order valence-electron chi connectivity index (χ3n) is 2.42. The Morgan fingerprint density at radius 2 is 2.29 bits per heavy atom. The van der Waals surface area contributed by atoms with E-state index < -0.39 is 18.0 Å². The molecule has 1 rings (SSSR count). The average molecular weight is 215 g/mol. The number of rotatable bonds is 3. The van der Waals surface area contributed by atoms with Gasteiger partial charge >= 0.3 is 0 Å². The summed E-state index contributed by atoms with van der Waals surface area (Å²) in [7, 11) is 2.93. The lowest BCUT2D eigenvalue weighted by Gasteiger charge is -2.23. The van der Waals surface area contributed by atoms with E-state index >= 15 is 0 Å². The molecule has 6 heteroatoms. The Bertz CT molecular complexity index is 269. The van der Waals surface area contributed by atoms with Gasteiger partial charge in [-0.3, -0.25) is 14.3 Å². The maximum absolute atomic E-state index is 11.7. The predicted octanol–water partition coefficient (Wildman–Crippen LogP) is 0.178. The molecule has 0 radical (unpaired) electrons. The molecular formula is C8H14N3O2P. The number of amides is 2. The van der Waals surface area contributed by atoms with Crippen molar-refractivity contribution in [1.82, 2.24) is 4.90 Å². The van der Waals surface area contributed by atoms with E-state index in [9.17, 15) is 9.59 Å². The third kappa shape index (κ3) is 2.10. The lowest BCUT2D eigenvalue weighted by atomic mass is 10.2. The van der Waals surface area contributed by atoms with Crippen molar-refractivity contribution in [2.75, 3.05) is 6.54 Å². The maximum Gasteiger partial charge on any atom is 0.248 e. The van der Waals surface area contributed by atoms with E-state index in [0.717, 1.165) is 6.42 Å². The van der Waals surface area contributed by atoms with Crippen LogP contribution in [0.1, 0.15) is 19.8 Å². The Morgan fingerprint density at radius 1 is 1.64 bits per heavy atom. The third-order valence-corrected chi connectivity index (χ3v) is 2.80. The smallest absolute Gasteiger partial charge is 0.248 e. The molecule has 78 valence electrons. The Balaban J connectivity index is 2.71. The van der Waals surface area contributed by atoms with Crippen LogP contribution in [0.4, 0.5) is 0 Å². The van der Waals surface area contributed by atoms with Crippen LogP contribution in [0.3, 0.4) is 0 Å². The minimum absolute atomic E-state index is 0.152. The second-order valence-electron chi connectivity index (χ2n) is 3.40. The summed E-state index contributed by atoms with van der Waals surface area (Å²) in [4.78, 5) is 24.2. The molecule has 1 fully saturated rings. The zero-order chi connectivity index (χ0) is 10.7. The molecule has 0 spiro atoms. The molecule has 5 nitrogen and oxygen atoms in total. The normalized spacial score (nSPS) is 23.2. The summed E-state index contributed by atoms with van der Waals surface area (Å²) in [5.41, 5.74) is 5.19. The van der Waals surface area contributed by atoms with E-state index in [2.05, 4.69) is 13.8 Å². The molecule has 0 aromatic rings. The monoisotopic (exact) mass is 215 g/mol. The molecule has 0 aromatic carbocycles. The summed E-state index contributed by atoms with van der Waals surface area (Å²) in [6.45, 7) is 2.27. The van der Waals surface area contributed by atoms with Gasteiger partial charge in [0.2, 0.25) is 11.8 Å². The van der Waals surface area contributed by atoms with Gasteiger partial charge in [0.05, 0.1) is 0 Å². The summed E-state index contributed by atoms with van der Waals surface area (Å²) < 4.78 is 3.69. The van der Waals surface area contributed by atoms with Crippen molar-refractivity contribution in [3.8, 4) is 0 Å². The summed E-state index contributed by atoms with van der Waals surface area (Å²) in [6, 6.07) is -0.912. The van der Waals surface area contributed by atoms with E-state index in [1.807, 2.05) is 0 Å². The number of carbonyl (C=O) groups is 2. The van der Waals surface area contributed by atoms with Crippen molar-refractivity contribution in [1.29, 1.82) is 0 Å². The molecule has 14 heavy (non-hydrogen) atoms. The molecule has 0 aromatic heterocycles. The minimum atomic E-state index is -0.466. The first-order valence-electron chi connectivity index (χ1n) is 4.54. The number of likely N-dealkylation sites (tertiary alicyclic amines) is 1. The van der Waals surface area contributed by atoms with E-state index in [0.29, 0.717) is 13.0 Å². The number of primary amides is 1. The number of hydrogen-bond donors (Lipinski definition) is 1. The van der Waals surface area contributed by atoms with Crippen molar-refractivity contribution >= 4 is 20.8 Å². The Morgan fingerprint density at radius 3 is 2.79 bits per heavy atom. The molecule has 2 atom stereocenters. The van der Waals surface area contributed by atoms with Crippen molar-refractivity contribution in [2.45, 2.75) is 31.8 Å². The highest BCUT2D eigenvalue weighted by atomic mass is 31.0. The lowest BCUT2D eigenvalue weighted by molar-refractivity contribution is -0.137. The van der Waals surface area contributed by atoms with Crippen molar-refractivity contribution in [3.63, 3.8) is 0 Å². The summed E-state index contributed by atoms with van der Waals surface area (Å²) in [5.74, 6) is -0.585. The first-order valence-corrected chi connectivity index (χ1v) is 4.99. The van der Waals surface area contributed by atoms with Crippen LogP contribution in [-0.4, -0.2) is 35.3 Å². The van der Waals surface area contributed by atoms with Gasteiger partial charge in [-0.25, -0.2) is 0 Å². The van der Waals surface area contributed by atoms with Crippen molar-refractivity contribution in [2.24, 2.45) is 10.5 Å². The number of hydrogen-bond acceptors (Lipinski definition) is 3. The zero-order valence-corrected chi connectivity index (χ0v) is 9.06. The Labute approximate surface area is 84.9 Å². The second-order valence-corrected chi connectivity index (χ2v) is 3.66. The molecule has 1 aliphatic rings. The van der Waals surface area contributed by atoms with Gasteiger partial charge in [0.1, 0.15) is 12.1 Å². The first-order chi connectivity index (χ1) is 6.57. The molecule has 1 saturated heterocycles. The van der Waals surface area contributed by atoms with Crippen LogP contribution in [0.2, 0.25) is 0 Å². The SMILES string of the molecule is CC(N=P)C(=O)N1CCCC1C(N)=O. The van der Waals surface area contributed by atoms with Gasteiger partial charge in [-0.15, -0.1) is 0 Å². The molecule has 2 N–H and O–H groups in total. The molecule has 0 saturated carbocycles. The average Bonchev–Trinajstić information content (AvgIpc) is 2.63. The standard InChI is InChI=1S/C8H14N3O2P/c1-5(10-14)8(13)11-4-2-3-6(11)7(9)12/h5-6,14H,2-4H2,1H3,(H2,9,12). The highest BCUT2D eigenvalue weighted by molar-refractivity contribution is 7.04. The van der Waals surface area contributed by atoms with E-state index in [1.54, 1.807) is 6.92 Å². The van der Waals surface area contributed by atoms with Gasteiger partial charge in [-0.05, 0) is 28.8 Å². The van der Waals surface area contributed by atoms with Crippen LogP contribution in [0.25, 0.3) is 0 Å². The highest BCUT2D eigenvalue weighted by Gasteiger charge is 2.34.